The third-order valence-electron chi connectivity index (χ3n) is 4.73. The van der Waals surface area contributed by atoms with Crippen LogP contribution in [-0.2, 0) is 16.9 Å². The van der Waals surface area contributed by atoms with Crippen molar-refractivity contribution in [3.05, 3.63) is 102 Å². The van der Waals surface area contributed by atoms with E-state index < -0.39 is 11.6 Å². The molecule has 25 heavy (non-hydrogen) atoms. The van der Waals surface area contributed by atoms with Crippen LogP contribution in [0, 0.1) is 0 Å². The average molecular weight is 330 g/mol. The summed E-state index contributed by atoms with van der Waals surface area (Å²) in [5.41, 5.74) is 0.968. The molecular formula is C21H18N2O2. The maximum absolute atomic E-state index is 12.9. The van der Waals surface area contributed by atoms with Crippen molar-refractivity contribution in [1.29, 1.82) is 0 Å². The zero-order valence-electron chi connectivity index (χ0n) is 13.6. The van der Waals surface area contributed by atoms with Crippen LogP contribution in [0.2, 0.25) is 0 Å². The van der Waals surface area contributed by atoms with Gasteiger partial charge in [0.1, 0.15) is 0 Å². The number of pyridine rings is 1. The highest BCUT2D eigenvalue weighted by atomic mass is 16.3. The lowest BCUT2D eigenvalue weighted by Crippen LogP contribution is -2.65. The fourth-order valence-corrected chi connectivity index (χ4v) is 3.50. The summed E-state index contributed by atoms with van der Waals surface area (Å²) >= 11 is 0. The predicted octanol–water partition coefficient (Wildman–Crippen LogP) is 3.05. The zero-order valence-corrected chi connectivity index (χ0v) is 13.6. The molecule has 1 saturated heterocycles. The van der Waals surface area contributed by atoms with Crippen molar-refractivity contribution in [2.24, 2.45) is 0 Å². The summed E-state index contributed by atoms with van der Waals surface area (Å²) in [5, 5.41) is 11.3. The Balaban J connectivity index is 1.75. The lowest BCUT2D eigenvalue weighted by atomic mass is 9.73. The van der Waals surface area contributed by atoms with E-state index in [-0.39, 0.29) is 5.91 Å². The molecule has 1 aliphatic rings. The van der Waals surface area contributed by atoms with Gasteiger partial charge in [-0.3, -0.25) is 9.78 Å². The van der Waals surface area contributed by atoms with Gasteiger partial charge in [-0.2, -0.15) is 0 Å². The van der Waals surface area contributed by atoms with Gasteiger partial charge in [-0.25, -0.2) is 0 Å². The molecule has 4 nitrogen and oxygen atoms in total. The third-order valence-corrected chi connectivity index (χ3v) is 4.73. The molecule has 1 fully saturated rings. The van der Waals surface area contributed by atoms with Gasteiger partial charge in [0.15, 0.2) is 5.60 Å². The number of benzene rings is 2. The smallest absolute Gasteiger partial charge is 0.262 e. The summed E-state index contributed by atoms with van der Waals surface area (Å²) in [7, 11) is 0. The van der Waals surface area contributed by atoms with Gasteiger partial charge in [0.2, 0.25) is 0 Å². The van der Waals surface area contributed by atoms with Gasteiger partial charge in [0.05, 0.1) is 6.04 Å². The number of amides is 1. The van der Waals surface area contributed by atoms with E-state index in [1.165, 1.54) is 0 Å². The highest BCUT2D eigenvalue weighted by molar-refractivity contribution is 5.94. The molecule has 3 aromatic rings. The lowest BCUT2D eigenvalue weighted by Gasteiger charge is -2.53. The first-order valence-corrected chi connectivity index (χ1v) is 8.24. The second kappa shape index (κ2) is 6.15. The number of nitrogens with zero attached hydrogens (tertiary/aromatic N) is 2. The molecule has 0 bridgehead atoms. The van der Waals surface area contributed by atoms with Gasteiger partial charge in [0, 0.05) is 18.9 Å². The maximum Gasteiger partial charge on any atom is 0.262 e. The Bertz CT molecular complexity index is 868. The molecule has 0 saturated carbocycles. The molecule has 4 rings (SSSR count). The van der Waals surface area contributed by atoms with Crippen LogP contribution in [-0.4, -0.2) is 20.9 Å². The molecule has 0 spiro atoms. The summed E-state index contributed by atoms with van der Waals surface area (Å²) in [5.74, 6) is -0.281. The first-order chi connectivity index (χ1) is 12.2. The number of carbonyl (C=O) groups excluding carboxylic acids is 1. The van der Waals surface area contributed by atoms with E-state index in [4.69, 9.17) is 0 Å². The Morgan fingerprint density at radius 3 is 2.16 bits per heavy atom. The van der Waals surface area contributed by atoms with Crippen LogP contribution in [0.1, 0.15) is 22.7 Å². The minimum absolute atomic E-state index is 0.281. The highest BCUT2D eigenvalue weighted by Crippen LogP contribution is 2.50. The van der Waals surface area contributed by atoms with E-state index in [9.17, 15) is 9.90 Å². The van der Waals surface area contributed by atoms with E-state index in [0.29, 0.717) is 12.1 Å². The van der Waals surface area contributed by atoms with Crippen LogP contribution < -0.4 is 0 Å². The third kappa shape index (κ3) is 2.51. The summed E-state index contributed by atoms with van der Waals surface area (Å²) in [6.07, 6.45) is 3.20. The molecule has 1 aromatic heterocycles. The van der Waals surface area contributed by atoms with Crippen molar-refractivity contribution in [3.8, 4) is 0 Å². The van der Waals surface area contributed by atoms with Crippen LogP contribution in [0.3, 0.4) is 0 Å². The zero-order chi connectivity index (χ0) is 17.3. The number of hydrogen-bond donors (Lipinski definition) is 1. The van der Waals surface area contributed by atoms with Gasteiger partial charge in [-0.1, -0.05) is 60.7 Å². The second-order valence-electron chi connectivity index (χ2n) is 6.23. The van der Waals surface area contributed by atoms with Crippen molar-refractivity contribution in [2.45, 2.75) is 18.2 Å². The van der Waals surface area contributed by atoms with E-state index in [2.05, 4.69) is 4.98 Å². The van der Waals surface area contributed by atoms with Crippen molar-refractivity contribution in [2.75, 3.05) is 0 Å². The summed E-state index contributed by atoms with van der Waals surface area (Å²) in [6.45, 7) is 0.465. The number of aromatic nitrogens is 1. The van der Waals surface area contributed by atoms with Crippen LogP contribution in [0.15, 0.2) is 85.2 Å². The van der Waals surface area contributed by atoms with E-state index in [1.54, 1.807) is 29.4 Å². The molecule has 2 atom stereocenters. The predicted molar refractivity (Wildman–Crippen MR) is 94.3 cm³/mol. The van der Waals surface area contributed by atoms with E-state index >= 15 is 0 Å². The Kier molecular flexibility index (Phi) is 3.82. The monoisotopic (exact) mass is 330 g/mol. The van der Waals surface area contributed by atoms with Crippen LogP contribution >= 0.6 is 0 Å². The molecule has 2 heterocycles. The molecule has 1 aliphatic heterocycles. The Hall–Kier alpha value is -2.98. The highest BCUT2D eigenvalue weighted by Gasteiger charge is 2.61. The minimum Gasteiger partial charge on any atom is -0.373 e. The minimum atomic E-state index is -1.56. The Morgan fingerprint density at radius 2 is 1.52 bits per heavy atom. The summed E-state index contributed by atoms with van der Waals surface area (Å²) < 4.78 is 0. The molecule has 1 amide bonds. The fourth-order valence-electron chi connectivity index (χ4n) is 3.50. The number of β-lactam (4-membered cyclic amide) rings is 1. The van der Waals surface area contributed by atoms with Crippen LogP contribution in [0.4, 0.5) is 0 Å². The molecule has 1 N–H and O–H groups in total. The average Bonchev–Trinajstić information content (AvgIpc) is 2.69. The Morgan fingerprint density at radius 1 is 0.920 bits per heavy atom. The second-order valence-corrected chi connectivity index (χ2v) is 6.23. The number of carbonyl (C=O) groups is 1. The fraction of sp³-hybridized carbons (Fsp3) is 0.143. The van der Waals surface area contributed by atoms with Gasteiger partial charge in [-0.15, -0.1) is 0 Å². The largest absolute Gasteiger partial charge is 0.373 e. The van der Waals surface area contributed by atoms with Gasteiger partial charge in [-0.05, 0) is 28.8 Å². The molecule has 124 valence electrons. The molecule has 2 aromatic carbocycles. The molecule has 0 unspecified atom stereocenters. The van der Waals surface area contributed by atoms with Gasteiger partial charge >= 0.3 is 0 Å². The molecule has 0 aliphatic carbocycles. The Labute approximate surface area is 146 Å². The van der Waals surface area contributed by atoms with Crippen LogP contribution in [0.25, 0.3) is 0 Å². The SMILES string of the molecule is O=C1N(Cc2ccccc2)[C@H](c2ccccc2)[C@]1(O)c1ccncc1. The number of aliphatic hydroxyl groups is 1. The van der Waals surface area contributed by atoms with E-state index in [1.807, 2.05) is 60.7 Å². The van der Waals surface area contributed by atoms with Crippen molar-refractivity contribution >= 4 is 5.91 Å². The van der Waals surface area contributed by atoms with Crippen molar-refractivity contribution in [3.63, 3.8) is 0 Å². The van der Waals surface area contributed by atoms with Crippen LogP contribution in [0.5, 0.6) is 0 Å². The number of hydrogen-bond acceptors (Lipinski definition) is 3. The molecular weight excluding hydrogens is 312 g/mol. The van der Waals surface area contributed by atoms with Gasteiger partial charge in [0.25, 0.3) is 5.91 Å². The van der Waals surface area contributed by atoms with Crippen molar-refractivity contribution < 1.29 is 9.90 Å². The topological polar surface area (TPSA) is 53.4 Å². The van der Waals surface area contributed by atoms with Gasteiger partial charge < -0.3 is 10.0 Å². The standard InChI is InChI=1S/C21H18N2O2/c24-20-21(25,18-11-13-22-14-12-18)19(17-9-5-2-6-10-17)23(20)15-16-7-3-1-4-8-16/h1-14,19,25H,15H2/t19-,21-/m1/s1. The van der Waals surface area contributed by atoms with Crippen molar-refractivity contribution in [1.82, 2.24) is 9.88 Å². The first kappa shape index (κ1) is 15.5. The summed E-state index contributed by atoms with van der Waals surface area (Å²) in [4.78, 5) is 18.6. The first-order valence-electron chi connectivity index (χ1n) is 8.24. The van der Waals surface area contributed by atoms with E-state index in [0.717, 1.165) is 11.1 Å². The number of rotatable bonds is 4. The normalized spacial score (nSPS) is 22.5. The molecule has 0 radical (unpaired) electrons. The summed E-state index contributed by atoms with van der Waals surface area (Å²) in [6, 6.07) is 22.5. The molecule has 4 heteroatoms. The maximum atomic E-state index is 12.9. The number of likely N-dealkylation sites (tertiary alicyclic amines) is 1. The quantitative estimate of drug-likeness (QED) is 0.748. The lowest BCUT2D eigenvalue weighted by molar-refractivity contribution is -0.198.